The van der Waals surface area contributed by atoms with E-state index in [1.54, 1.807) is 0 Å². The van der Waals surface area contributed by atoms with Gasteiger partial charge in [-0.25, -0.2) is 0 Å². The average molecular weight is 219 g/mol. The van der Waals surface area contributed by atoms with E-state index in [0.717, 1.165) is 12.1 Å². The standard InChI is InChI=1S/C12H15NO.C2H6/c1-3-9-4-5-12-10(6-9)7-11(8-14)13(12)2;1-2/h4-7,14H,3,8H2,1-2H3;1-2H3. The van der Waals surface area contributed by atoms with Crippen molar-refractivity contribution in [1.82, 2.24) is 4.57 Å². The molecule has 1 aromatic heterocycles. The number of benzene rings is 1. The van der Waals surface area contributed by atoms with Crippen LogP contribution in [0.2, 0.25) is 0 Å². The number of aryl methyl sites for hydroxylation is 2. The molecule has 0 aliphatic heterocycles. The molecule has 0 atom stereocenters. The van der Waals surface area contributed by atoms with E-state index < -0.39 is 0 Å². The Morgan fingerprint density at radius 1 is 1.19 bits per heavy atom. The lowest BCUT2D eigenvalue weighted by Gasteiger charge is -2.00. The molecule has 2 nitrogen and oxygen atoms in total. The normalized spacial score (nSPS) is 10.1. The summed E-state index contributed by atoms with van der Waals surface area (Å²) >= 11 is 0. The fourth-order valence-corrected chi connectivity index (χ4v) is 1.83. The summed E-state index contributed by atoms with van der Waals surface area (Å²) in [4.78, 5) is 0. The maximum absolute atomic E-state index is 9.13. The van der Waals surface area contributed by atoms with E-state index in [0.29, 0.717) is 0 Å². The second kappa shape index (κ2) is 5.71. The van der Waals surface area contributed by atoms with E-state index in [-0.39, 0.29) is 6.61 Å². The zero-order chi connectivity index (χ0) is 12.1. The van der Waals surface area contributed by atoms with Gasteiger partial charge in [0, 0.05) is 23.6 Å². The van der Waals surface area contributed by atoms with Gasteiger partial charge in [-0.15, -0.1) is 0 Å². The Morgan fingerprint density at radius 2 is 1.88 bits per heavy atom. The molecule has 0 aliphatic rings. The smallest absolute Gasteiger partial charge is 0.0833 e. The highest BCUT2D eigenvalue weighted by Gasteiger charge is 2.04. The van der Waals surface area contributed by atoms with Crippen LogP contribution >= 0.6 is 0 Å². The lowest BCUT2D eigenvalue weighted by Crippen LogP contribution is -1.94. The zero-order valence-corrected chi connectivity index (χ0v) is 10.6. The van der Waals surface area contributed by atoms with Crippen molar-refractivity contribution in [3.63, 3.8) is 0 Å². The Bertz CT molecular complexity index is 457. The van der Waals surface area contributed by atoms with Crippen LogP contribution in [0.1, 0.15) is 32.0 Å². The van der Waals surface area contributed by atoms with Crippen molar-refractivity contribution < 1.29 is 5.11 Å². The van der Waals surface area contributed by atoms with Crippen LogP contribution in [-0.2, 0) is 20.1 Å². The molecule has 0 aliphatic carbocycles. The van der Waals surface area contributed by atoms with E-state index in [9.17, 15) is 0 Å². The third kappa shape index (κ3) is 2.27. The SMILES string of the molecule is CC.CCc1ccc2c(c1)cc(CO)n2C. The van der Waals surface area contributed by atoms with Crippen LogP contribution in [0.25, 0.3) is 10.9 Å². The van der Waals surface area contributed by atoms with Crippen LogP contribution in [0.5, 0.6) is 0 Å². The third-order valence-electron chi connectivity index (χ3n) is 2.78. The first-order chi connectivity index (χ1) is 7.76. The topological polar surface area (TPSA) is 25.2 Å². The van der Waals surface area contributed by atoms with Crippen molar-refractivity contribution in [1.29, 1.82) is 0 Å². The van der Waals surface area contributed by atoms with Gasteiger partial charge in [0.15, 0.2) is 0 Å². The van der Waals surface area contributed by atoms with Crippen molar-refractivity contribution >= 4 is 10.9 Å². The summed E-state index contributed by atoms with van der Waals surface area (Å²) in [6.45, 7) is 6.25. The van der Waals surface area contributed by atoms with Crippen molar-refractivity contribution in [2.75, 3.05) is 0 Å². The first-order valence-corrected chi connectivity index (χ1v) is 5.94. The molecule has 2 rings (SSSR count). The molecule has 0 bridgehead atoms. The molecule has 0 saturated heterocycles. The lowest BCUT2D eigenvalue weighted by molar-refractivity contribution is 0.273. The van der Waals surface area contributed by atoms with Crippen molar-refractivity contribution in [2.45, 2.75) is 33.8 Å². The minimum absolute atomic E-state index is 0.104. The fraction of sp³-hybridized carbons (Fsp3) is 0.429. The number of hydrogen-bond acceptors (Lipinski definition) is 1. The van der Waals surface area contributed by atoms with Gasteiger partial charge in [-0.05, 0) is 30.2 Å². The van der Waals surface area contributed by atoms with Gasteiger partial charge in [0.2, 0.25) is 0 Å². The molecule has 0 spiro atoms. The average Bonchev–Trinajstić information content (AvgIpc) is 2.68. The molecule has 0 unspecified atom stereocenters. The van der Waals surface area contributed by atoms with Gasteiger partial charge in [-0.1, -0.05) is 26.8 Å². The zero-order valence-electron chi connectivity index (χ0n) is 10.6. The number of aliphatic hydroxyl groups excluding tert-OH is 1. The van der Waals surface area contributed by atoms with Gasteiger partial charge in [0.1, 0.15) is 0 Å². The first kappa shape index (κ1) is 12.8. The second-order valence-electron chi connectivity index (χ2n) is 3.60. The highest BCUT2D eigenvalue weighted by atomic mass is 16.3. The maximum Gasteiger partial charge on any atom is 0.0833 e. The number of aliphatic hydroxyl groups is 1. The van der Waals surface area contributed by atoms with E-state index in [4.69, 9.17) is 5.11 Å². The predicted molar refractivity (Wildman–Crippen MR) is 69.6 cm³/mol. The lowest BCUT2D eigenvalue weighted by atomic mass is 10.1. The van der Waals surface area contributed by atoms with E-state index in [1.165, 1.54) is 16.5 Å². The number of fused-ring (bicyclic) bond motifs is 1. The molecule has 1 aromatic carbocycles. The summed E-state index contributed by atoms with van der Waals surface area (Å²) < 4.78 is 2.04. The Kier molecular flexibility index (Phi) is 4.56. The number of aromatic nitrogens is 1. The van der Waals surface area contributed by atoms with Gasteiger partial charge in [-0.3, -0.25) is 0 Å². The van der Waals surface area contributed by atoms with Gasteiger partial charge in [0.25, 0.3) is 0 Å². The molecule has 2 heteroatoms. The second-order valence-corrected chi connectivity index (χ2v) is 3.60. The molecule has 0 fully saturated rings. The third-order valence-corrected chi connectivity index (χ3v) is 2.78. The minimum Gasteiger partial charge on any atom is -0.390 e. The predicted octanol–water partition coefficient (Wildman–Crippen LogP) is 3.26. The first-order valence-electron chi connectivity index (χ1n) is 5.94. The highest BCUT2D eigenvalue weighted by molar-refractivity contribution is 5.82. The summed E-state index contributed by atoms with van der Waals surface area (Å²) in [6, 6.07) is 8.50. The molecule has 0 amide bonds. The summed E-state index contributed by atoms with van der Waals surface area (Å²) in [5.74, 6) is 0. The van der Waals surface area contributed by atoms with Crippen LogP contribution in [-0.4, -0.2) is 9.67 Å². The molecule has 88 valence electrons. The van der Waals surface area contributed by atoms with E-state index >= 15 is 0 Å². The van der Waals surface area contributed by atoms with Gasteiger partial charge in [-0.2, -0.15) is 0 Å². The highest BCUT2D eigenvalue weighted by Crippen LogP contribution is 2.20. The fourth-order valence-electron chi connectivity index (χ4n) is 1.83. The van der Waals surface area contributed by atoms with Gasteiger partial charge in [0.05, 0.1) is 6.61 Å². The van der Waals surface area contributed by atoms with E-state index in [2.05, 4.69) is 31.2 Å². The van der Waals surface area contributed by atoms with Crippen LogP contribution in [0.15, 0.2) is 24.3 Å². The summed E-state index contributed by atoms with van der Waals surface area (Å²) in [5, 5.41) is 10.3. The van der Waals surface area contributed by atoms with Gasteiger partial charge >= 0.3 is 0 Å². The summed E-state index contributed by atoms with van der Waals surface area (Å²) in [6.07, 6.45) is 1.05. The largest absolute Gasteiger partial charge is 0.390 e. The molecule has 1 heterocycles. The monoisotopic (exact) mass is 219 g/mol. The molecule has 2 aromatic rings. The van der Waals surface area contributed by atoms with Crippen LogP contribution in [0.4, 0.5) is 0 Å². The Balaban J connectivity index is 0.000000606. The molecular weight excluding hydrogens is 198 g/mol. The maximum atomic E-state index is 9.13. The number of hydrogen-bond donors (Lipinski definition) is 1. The molecule has 0 saturated carbocycles. The number of rotatable bonds is 2. The Hall–Kier alpha value is -1.28. The van der Waals surface area contributed by atoms with Crippen molar-refractivity contribution in [2.24, 2.45) is 7.05 Å². The van der Waals surface area contributed by atoms with Crippen LogP contribution in [0, 0.1) is 0 Å². The number of nitrogens with zero attached hydrogens (tertiary/aromatic N) is 1. The molecule has 16 heavy (non-hydrogen) atoms. The molecule has 0 radical (unpaired) electrons. The van der Waals surface area contributed by atoms with Crippen LogP contribution < -0.4 is 0 Å². The minimum atomic E-state index is 0.104. The quantitative estimate of drug-likeness (QED) is 0.824. The molecule has 1 N–H and O–H groups in total. The van der Waals surface area contributed by atoms with Crippen molar-refractivity contribution in [3.05, 3.63) is 35.5 Å². The summed E-state index contributed by atoms with van der Waals surface area (Å²) in [7, 11) is 1.99. The van der Waals surface area contributed by atoms with Crippen LogP contribution in [0.3, 0.4) is 0 Å². The van der Waals surface area contributed by atoms with Crippen molar-refractivity contribution in [3.8, 4) is 0 Å². The summed E-state index contributed by atoms with van der Waals surface area (Å²) in [5.41, 5.74) is 3.49. The molecular formula is C14H21NO. The van der Waals surface area contributed by atoms with E-state index in [1.807, 2.05) is 25.5 Å². The van der Waals surface area contributed by atoms with Gasteiger partial charge < -0.3 is 9.67 Å². The Labute approximate surface area is 97.5 Å². The Morgan fingerprint density at radius 3 is 2.44 bits per heavy atom.